The normalized spacial score (nSPS) is 11.6. The van der Waals surface area contributed by atoms with E-state index in [1.54, 1.807) is 6.92 Å². The number of aromatic nitrogens is 2. The van der Waals surface area contributed by atoms with Gasteiger partial charge in [-0.3, -0.25) is 14.4 Å². The van der Waals surface area contributed by atoms with Gasteiger partial charge in [-0.05, 0) is 31.2 Å². The summed E-state index contributed by atoms with van der Waals surface area (Å²) in [7, 11) is 1.24. The van der Waals surface area contributed by atoms with Crippen LogP contribution in [0.25, 0.3) is 0 Å². The minimum atomic E-state index is -0.582. The Balaban J connectivity index is 2.04. The second-order valence-corrected chi connectivity index (χ2v) is 6.38. The maximum atomic E-state index is 12.9. The number of nitrogens with zero attached hydrogens (tertiary/aromatic N) is 1. The van der Waals surface area contributed by atoms with Crippen LogP contribution in [0.1, 0.15) is 12.6 Å². The molecule has 0 aliphatic carbocycles. The molecule has 0 unspecified atom stereocenters. The summed E-state index contributed by atoms with van der Waals surface area (Å²) in [5, 5.41) is 2.27. The van der Waals surface area contributed by atoms with Crippen molar-refractivity contribution in [1.29, 1.82) is 0 Å². The van der Waals surface area contributed by atoms with Crippen LogP contribution in [0.15, 0.2) is 40.3 Å². The van der Waals surface area contributed by atoms with Gasteiger partial charge in [0.05, 0.1) is 24.5 Å². The lowest BCUT2D eigenvalue weighted by atomic mass is 10.3. The van der Waals surface area contributed by atoms with Crippen molar-refractivity contribution in [3.8, 4) is 0 Å². The number of ether oxygens (including phenoxy) is 1. The van der Waals surface area contributed by atoms with E-state index in [1.165, 1.54) is 37.4 Å². The van der Waals surface area contributed by atoms with E-state index in [2.05, 4.69) is 20.0 Å². The summed E-state index contributed by atoms with van der Waals surface area (Å²) in [6.07, 6.45) is -0.135. The Morgan fingerprint density at radius 3 is 2.68 bits per heavy atom. The summed E-state index contributed by atoms with van der Waals surface area (Å²) in [5.74, 6) is -1.25. The molecule has 25 heavy (non-hydrogen) atoms. The number of rotatable bonds is 6. The third kappa shape index (κ3) is 5.71. The summed E-state index contributed by atoms with van der Waals surface area (Å²) in [5.41, 5.74) is 0.284. The molecule has 2 aromatic rings. The molecule has 0 radical (unpaired) electrons. The van der Waals surface area contributed by atoms with Crippen molar-refractivity contribution >= 4 is 29.3 Å². The van der Waals surface area contributed by atoms with Crippen molar-refractivity contribution < 1.29 is 18.7 Å². The quantitative estimate of drug-likeness (QED) is 0.459. The first kappa shape index (κ1) is 18.7. The predicted molar refractivity (Wildman–Crippen MR) is 90.9 cm³/mol. The molecule has 1 atom stereocenters. The number of esters is 1. The maximum Gasteiger partial charge on any atom is 0.311 e. The van der Waals surface area contributed by atoms with Crippen LogP contribution in [0.5, 0.6) is 0 Å². The fourth-order valence-electron chi connectivity index (χ4n) is 1.85. The smallest absolute Gasteiger partial charge is 0.311 e. The van der Waals surface area contributed by atoms with Crippen LogP contribution in [-0.4, -0.2) is 34.2 Å². The van der Waals surface area contributed by atoms with E-state index in [4.69, 9.17) is 0 Å². The van der Waals surface area contributed by atoms with E-state index < -0.39 is 22.6 Å². The number of H-pyrrole nitrogens is 1. The van der Waals surface area contributed by atoms with Crippen LogP contribution in [-0.2, 0) is 20.7 Å². The second-order valence-electron chi connectivity index (χ2n) is 5.05. The highest BCUT2D eigenvalue weighted by atomic mass is 32.2. The zero-order valence-electron chi connectivity index (χ0n) is 13.5. The number of methoxy groups -OCH3 is 1. The van der Waals surface area contributed by atoms with Crippen LogP contribution in [0.4, 0.5) is 10.1 Å². The monoisotopic (exact) mass is 365 g/mol. The van der Waals surface area contributed by atoms with E-state index in [-0.39, 0.29) is 23.2 Å². The lowest BCUT2D eigenvalue weighted by Crippen LogP contribution is -2.23. The highest BCUT2D eigenvalue weighted by molar-refractivity contribution is 8.00. The van der Waals surface area contributed by atoms with Crippen molar-refractivity contribution in [3.63, 3.8) is 0 Å². The highest BCUT2D eigenvalue weighted by Crippen LogP contribution is 2.20. The SMILES string of the molecule is COC(=O)Cc1cc(=O)[nH]c(S[C@@H](C)C(=O)Nc2ccc(F)cc2)n1. The molecule has 0 bridgehead atoms. The average Bonchev–Trinajstić information content (AvgIpc) is 2.56. The Kier molecular flexibility index (Phi) is 6.29. The number of hydrogen-bond donors (Lipinski definition) is 2. The van der Waals surface area contributed by atoms with Gasteiger partial charge in [0.15, 0.2) is 5.16 Å². The molecule has 9 heteroatoms. The van der Waals surface area contributed by atoms with Crippen LogP contribution < -0.4 is 10.9 Å². The van der Waals surface area contributed by atoms with Crippen molar-refractivity contribution in [2.45, 2.75) is 23.8 Å². The summed E-state index contributed by atoms with van der Waals surface area (Å²) < 4.78 is 17.4. The molecule has 0 saturated carbocycles. The zero-order valence-corrected chi connectivity index (χ0v) is 14.4. The molecule has 1 amide bonds. The number of aromatic amines is 1. The largest absolute Gasteiger partial charge is 0.469 e. The van der Waals surface area contributed by atoms with E-state index in [1.807, 2.05) is 0 Å². The molecular weight excluding hydrogens is 349 g/mol. The Morgan fingerprint density at radius 2 is 2.04 bits per heavy atom. The summed E-state index contributed by atoms with van der Waals surface area (Å²) >= 11 is 1.03. The Labute approximate surface area is 147 Å². The standard InChI is InChI=1S/C16H16FN3O4S/c1-9(15(23)18-11-5-3-10(17)4-6-11)25-16-19-12(7-13(21)20-16)8-14(22)24-2/h3-7,9H,8H2,1-2H3,(H,18,23)(H,19,20,21)/t9-/m0/s1. The maximum absolute atomic E-state index is 12.9. The number of benzene rings is 1. The molecule has 2 N–H and O–H groups in total. The third-order valence-electron chi connectivity index (χ3n) is 3.10. The molecule has 1 aromatic heterocycles. The number of carbonyl (C=O) groups is 2. The number of carbonyl (C=O) groups excluding carboxylic acids is 2. The van der Waals surface area contributed by atoms with Crippen molar-refractivity contribution in [2.24, 2.45) is 0 Å². The molecule has 2 rings (SSSR count). The van der Waals surface area contributed by atoms with Gasteiger partial charge in [-0.1, -0.05) is 11.8 Å². The number of halogens is 1. The van der Waals surface area contributed by atoms with Gasteiger partial charge in [-0.15, -0.1) is 0 Å². The lowest BCUT2D eigenvalue weighted by molar-refractivity contribution is -0.139. The van der Waals surface area contributed by atoms with E-state index >= 15 is 0 Å². The van der Waals surface area contributed by atoms with Gasteiger partial charge in [-0.2, -0.15) is 0 Å². The molecule has 0 spiro atoms. The van der Waals surface area contributed by atoms with Crippen LogP contribution in [0.2, 0.25) is 0 Å². The third-order valence-corrected chi connectivity index (χ3v) is 4.08. The average molecular weight is 365 g/mol. The van der Waals surface area contributed by atoms with Gasteiger partial charge >= 0.3 is 5.97 Å². The minimum Gasteiger partial charge on any atom is -0.469 e. The minimum absolute atomic E-state index is 0.135. The highest BCUT2D eigenvalue weighted by Gasteiger charge is 2.17. The number of hydrogen-bond acceptors (Lipinski definition) is 6. The van der Waals surface area contributed by atoms with Crippen molar-refractivity contribution in [1.82, 2.24) is 9.97 Å². The Hall–Kier alpha value is -2.68. The second kappa shape index (κ2) is 8.43. The number of anilines is 1. The van der Waals surface area contributed by atoms with Crippen LogP contribution >= 0.6 is 11.8 Å². The number of amides is 1. The lowest BCUT2D eigenvalue weighted by Gasteiger charge is -2.11. The number of nitrogens with one attached hydrogen (secondary N) is 2. The molecule has 0 fully saturated rings. The van der Waals surface area contributed by atoms with Crippen LogP contribution in [0.3, 0.4) is 0 Å². The van der Waals surface area contributed by atoms with Crippen LogP contribution in [0, 0.1) is 5.82 Å². The van der Waals surface area contributed by atoms with E-state index in [0.717, 1.165) is 11.8 Å². The van der Waals surface area contributed by atoms with Crippen molar-refractivity contribution in [3.05, 3.63) is 52.2 Å². The Morgan fingerprint density at radius 1 is 1.36 bits per heavy atom. The summed E-state index contributed by atoms with van der Waals surface area (Å²) in [6.45, 7) is 1.64. The van der Waals surface area contributed by atoms with Gasteiger partial charge in [0.25, 0.3) is 5.56 Å². The summed E-state index contributed by atoms with van der Waals surface area (Å²) in [6, 6.07) is 6.57. The van der Waals surface area contributed by atoms with E-state index in [0.29, 0.717) is 5.69 Å². The molecule has 7 nitrogen and oxygen atoms in total. The van der Waals surface area contributed by atoms with Gasteiger partial charge in [0, 0.05) is 11.8 Å². The molecule has 1 heterocycles. The van der Waals surface area contributed by atoms with Gasteiger partial charge in [0.2, 0.25) is 5.91 Å². The zero-order chi connectivity index (χ0) is 18.4. The number of thioether (sulfide) groups is 1. The van der Waals surface area contributed by atoms with Gasteiger partial charge in [0.1, 0.15) is 5.82 Å². The topological polar surface area (TPSA) is 101 Å². The fraction of sp³-hybridized carbons (Fsp3) is 0.250. The van der Waals surface area contributed by atoms with Crippen molar-refractivity contribution in [2.75, 3.05) is 12.4 Å². The molecule has 1 aromatic carbocycles. The van der Waals surface area contributed by atoms with Gasteiger partial charge < -0.3 is 15.0 Å². The molecule has 132 valence electrons. The first-order valence-corrected chi connectivity index (χ1v) is 8.15. The predicted octanol–water partition coefficient (Wildman–Crippen LogP) is 1.74. The molecule has 0 aliphatic rings. The van der Waals surface area contributed by atoms with Gasteiger partial charge in [-0.25, -0.2) is 9.37 Å². The molecule has 0 saturated heterocycles. The first-order valence-electron chi connectivity index (χ1n) is 7.27. The molecular formula is C16H16FN3O4S. The summed E-state index contributed by atoms with van der Waals surface area (Å²) in [4.78, 5) is 41.8. The first-order chi connectivity index (χ1) is 11.9. The van der Waals surface area contributed by atoms with E-state index in [9.17, 15) is 18.8 Å². The molecule has 0 aliphatic heterocycles. The Bertz CT molecular complexity index is 823. The fourth-order valence-corrected chi connectivity index (χ4v) is 2.68.